The van der Waals surface area contributed by atoms with E-state index in [1.807, 2.05) is 0 Å². The molecule has 1 saturated carbocycles. The third kappa shape index (κ3) is 1.83. The lowest BCUT2D eigenvalue weighted by Crippen LogP contribution is -2.37. The van der Waals surface area contributed by atoms with Gasteiger partial charge in [0.25, 0.3) is 0 Å². The number of halogens is 1. The highest BCUT2D eigenvalue weighted by molar-refractivity contribution is 6.29. The van der Waals surface area contributed by atoms with Gasteiger partial charge in [0.15, 0.2) is 0 Å². The summed E-state index contributed by atoms with van der Waals surface area (Å²) in [5, 5.41) is 0.785. The van der Waals surface area contributed by atoms with Crippen LogP contribution in [0.3, 0.4) is 0 Å². The molecule has 2 rings (SSSR count). The largest absolute Gasteiger partial charge is 0.298 e. The van der Waals surface area contributed by atoms with Crippen LogP contribution in [-0.2, 0) is 0 Å². The molecule has 2 aliphatic rings. The molecule has 68 valence electrons. The van der Waals surface area contributed by atoms with Gasteiger partial charge >= 0.3 is 0 Å². The summed E-state index contributed by atoms with van der Waals surface area (Å²) in [4.78, 5) is 2.45. The van der Waals surface area contributed by atoms with Gasteiger partial charge in [0.05, 0.1) is 0 Å². The Morgan fingerprint density at radius 3 is 2.75 bits per heavy atom. The highest BCUT2D eigenvalue weighted by Crippen LogP contribution is 2.51. The summed E-state index contributed by atoms with van der Waals surface area (Å²) in [6.45, 7) is 7.11. The van der Waals surface area contributed by atoms with Crippen LogP contribution in [0.5, 0.6) is 0 Å². The van der Waals surface area contributed by atoms with Crippen LogP contribution in [0.25, 0.3) is 0 Å². The number of hydrogen-bond donors (Lipinski definition) is 0. The zero-order valence-corrected chi connectivity index (χ0v) is 8.24. The van der Waals surface area contributed by atoms with Gasteiger partial charge < -0.3 is 0 Å². The zero-order valence-electron chi connectivity index (χ0n) is 7.48. The quantitative estimate of drug-likeness (QED) is 0.640. The molecule has 2 fully saturated rings. The Balaban J connectivity index is 1.86. The molecule has 0 aromatic carbocycles. The number of nitrogens with zero attached hydrogens (tertiary/aromatic N) is 1. The summed E-state index contributed by atoms with van der Waals surface area (Å²) in [7, 11) is 0. The maximum Gasteiger partial charge on any atom is 0.0335 e. The third-order valence-corrected chi connectivity index (χ3v) is 3.21. The van der Waals surface area contributed by atoms with E-state index in [0.717, 1.165) is 11.6 Å². The van der Waals surface area contributed by atoms with Gasteiger partial charge in [-0.1, -0.05) is 18.2 Å². The van der Waals surface area contributed by atoms with Crippen LogP contribution in [-0.4, -0.2) is 24.5 Å². The Labute approximate surface area is 79.4 Å². The second-order valence-corrected chi connectivity index (χ2v) is 4.87. The van der Waals surface area contributed by atoms with E-state index < -0.39 is 0 Å². The highest BCUT2D eigenvalue weighted by atomic mass is 35.5. The standard InChI is InChI=1S/C10H16ClN/c1-9(11)7-12-6-2-3-10(8-12)4-5-10/h1-8H2. The van der Waals surface area contributed by atoms with Crippen LogP contribution in [0.2, 0.25) is 0 Å². The molecule has 12 heavy (non-hydrogen) atoms. The van der Waals surface area contributed by atoms with Gasteiger partial charge in [-0.2, -0.15) is 0 Å². The summed E-state index contributed by atoms with van der Waals surface area (Å²) in [5.74, 6) is 0. The van der Waals surface area contributed by atoms with Crippen molar-refractivity contribution in [1.29, 1.82) is 0 Å². The second kappa shape index (κ2) is 3.04. The molecule has 1 aliphatic heterocycles. The van der Waals surface area contributed by atoms with Gasteiger partial charge in [0, 0.05) is 18.1 Å². The first-order valence-electron chi connectivity index (χ1n) is 4.76. The average molecular weight is 186 g/mol. The fourth-order valence-corrected chi connectivity index (χ4v) is 2.44. The maximum absolute atomic E-state index is 5.79. The van der Waals surface area contributed by atoms with Crippen molar-refractivity contribution in [3.63, 3.8) is 0 Å². The van der Waals surface area contributed by atoms with Crippen molar-refractivity contribution < 1.29 is 0 Å². The van der Waals surface area contributed by atoms with Crippen molar-refractivity contribution in [2.45, 2.75) is 25.7 Å². The Bertz CT molecular complexity index is 196. The van der Waals surface area contributed by atoms with Crippen LogP contribution in [0, 0.1) is 5.41 Å². The van der Waals surface area contributed by atoms with Gasteiger partial charge in [-0.15, -0.1) is 0 Å². The Morgan fingerprint density at radius 1 is 1.42 bits per heavy atom. The number of likely N-dealkylation sites (tertiary alicyclic amines) is 1. The highest BCUT2D eigenvalue weighted by Gasteiger charge is 2.45. The van der Waals surface area contributed by atoms with E-state index in [1.54, 1.807) is 0 Å². The molecule has 0 amide bonds. The lowest BCUT2D eigenvalue weighted by Gasteiger charge is -2.32. The van der Waals surface area contributed by atoms with E-state index in [4.69, 9.17) is 11.6 Å². The van der Waals surface area contributed by atoms with Crippen molar-refractivity contribution in [2.75, 3.05) is 19.6 Å². The Kier molecular flexibility index (Phi) is 2.18. The summed E-state index contributed by atoms with van der Waals surface area (Å²) < 4.78 is 0. The molecule has 1 nitrogen and oxygen atoms in total. The van der Waals surface area contributed by atoms with Crippen LogP contribution in [0.15, 0.2) is 11.6 Å². The molecule has 0 unspecified atom stereocenters. The molecular weight excluding hydrogens is 170 g/mol. The smallest absolute Gasteiger partial charge is 0.0335 e. The van der Waals surface area contributed by atoms with E-state index >= 15 is 0 Å². The van der Waals surface area contributed by atoms with Gasteiger partial charge in [-0.3, -0.25) is 4.90 Å². The van der Waals surface area contributed by atoms with Crippen LogP contribution in [0.1, 0.15) is 25.7 Å². The first-order chi connectivity index (χ1) is 5.70. The summed E-state index contributed by atoms with van der Waals surface area (Å²) in [5.41, 5.74) is 0.713. The zero-order chi connectivity index (χ0) is 8.60. The lowest BCUT2D eigenvalue weighted by atomic mass is 9.95. The topological polar surface area (TPSA) is 3.24 Å². The van der Waals surface area contributed by atoms with Crippen LogP contribution < -0.4 is 0 Å². The summed E-state index contributed by atoms with van der Waals surface area (Å²) in [6, 6.07) is 0. The molecule has 1 saturated heterocycles. The number of rotatable bonds is 2. The van der Waals surface area contributed by atoms with E-state index in [-0.39, 0.29) is 0 Å². The van der Waals surface area contributed by atoms with E-state index in [1.165, 1.54) is 38.8 Å². The predicted octanol–water partition coefficient (Wildman–Crippen LogP) is 2.61. The molecule has 0 atom stereocenters. The van der Waals surface area contributed by atoms with Gasteiger partial charge in [-0.25, -0.2) is 0 Å². The number of piperidine rings is 1. The fourth-order valence-electron chi connectivity index (χ4n) is 2.27. The molecule has 0 aromatic rings. The van der Waals surface area contributed by atoms with E-state index in [0.29, 0.717) is 5.41 Å². The molecule has 0 aromatic heterocycles. The molecule has 0 bridgehead atoms. The fraction of sp³-hybridized carbons (Fsp3) is 0.800. The van der Waals surface area contributed by atoms with E-state index in [2.05, 4.69) is 11.5 Å². The maximum atomic E-state index is 5.79. The third-order valence-electron chi connectivity index (χ3n) is 3.09. The minimum atomic E-state index is 0.713. The average Bonchev–Trinajstić information content (AvgIpc) is 2.68. The second-order valence-electron chi connectivity index (χ2n) is 4.33. The Hall–Kier alpha value is -0.0100. The van der Waals surface area contributed by atoms with Gasteiger partial charge in [0.2, 0.25) is 0 Å². The molecule has 1 aliphatic carbocycles. The summed E-state index contributed by atoms with van der Waals surface area (Å²) >= 11 is 5.79. The normalized spacial score (nSPS) is 27.4. The van der Waals surface area contributed by atoms with Gasteiger partial charge in [0.1, 0.15) is 0 Å². The minimum Gasteiger partial charge on any atom is -0.298 e. The van der Waals surface area contributed by atoms with Crippen LogP contribution in [0.4, 0.5) is 0 Å². The molecule has 2 heteroatoms. The van der Waals surface area contributed by atoms with Crippen molar-refractivity contribution in [3.8, 4) is 0 Å². The van der Waals surface area contributed by atoms with Crippen LogP contribution >= 0.6 is 11.6 Å². The first kappa shape index (κ1) is 8.58. The predicted molar refractivity (Wildman–Crippen MR) is 52.3 cm³/mol. The lowest BCUT2D eigenvalue weighted by molar-refractivity contribution is 0.175. The molecule has 1 spiro atoms. The van der Waals surface area contributed by atoms with Crippen molar-refractivity contribution in [1.82, 2.24) is 4.90 Å². The van der Waals surface area contributed by atoms with Crippen molar-refractivity contribution in [2.24, 2.45) is 5.41 Å². The van der Waals surface area contributed by atoms with Crippen molar-refractivity contribution in [3.05, 3.63) is 11.6 Å². The molecular formula is C10H16ClN. The van der Waals surface area contributed by atoms with Crippen molar-refractivity contribution >= 4 is 11.6 Å². The monoisotopic (exact) mass is 185 g/mol. The van der Waals surface area contributed by atoms with E-state index in [9.17, 15) is 0 Å². The summed E-state index contributed by atoms with van der Waals surface area (Å²) in [6.07, 6.45) is 5.68. The molecule has 0 radical (unpaired) electrons. The Morgan fingerprint density at radius 2 is 2.17 bits per heavy atom. The molecule has 0 N–H and O–H groups in total. The SMILES string of the molecule is C=C(Cl)CN1CCCC2(CC2)C1. The minimum absolute atomic E-state index is 0.713. The van der Waals surface area contributed by atoms with Gasteiger partial charge in [-0.05, 0) is 37.6 Å². The number of hydrogen-bond acceptors (Lipinski definition) is 1. The first-order valence-corrected chi connectivity index (χ1v) is 5.14. The molecule has 1 heterocycles.